The van der Waals surface area contributed by atoms with Gasteiger partial charge in [0.15, 0.2) is 0 Å². The number of hydrogen-bond acceptors (Lipinski definition) is 4. The molecule has 0 heterocycles. The van der Waals surface area contributed by atoms with E-state index in [9.17, 15) is 18.0 Å². The van der Waals surface area contributed by atoms with Gasteiger partial charge in [0.25, 0.3) is 5.91 Å². The summed E-state index contributed by atoms with van der Waals surface area (Å²) in [5.41, 5.74) is 0.890. The van der Waals surface area contributed by atoms with Crippen molar-refractivity contribution in [3.8, 4) is 5.75 Å². The van der Waals surface area contributed by atoms with Crippen LogP contribution in [-0.4, -0.2) is 24.9 Å². The number of carbonyl (C=O) groups excluding carboxylic acids is 1. The number of methoxy groups -OCH3 is 1. The van der Waals surface area contributed by atoms with Crippen molar-refractivity contribution in [3.05, 3.63) is 94.5 Å². The maximum absolute atomic E-state index is 13.0. The van der Waals surface area contributed by atoms with E-state index < -0.39 is 17.8 Å². The Bertz CT molecular complexity index is 1240. The van der Waals surface area contributed by atoms with E-state index in [2.05, 4.69) is 10.6 Å². The Morgan fingerprint density at radius 2 is 1.62 bits per heavy atom. The summed E-state index contributed by atoms with van der Waals surface area (Å²) in [6.07, 6.45) is -4.14. The first-order chi connectivity index (χ1) is 16.1. The molecule has 176 valence electrons. The third kappa shape index (κ3) is 6.17. The average molecular weight is 488 g/mol. The number of allylic oxidation sites excluding steroid dienone is 1. The van der Waals surface area contributed by atoms with Crippen LogP contribution in [0.4, 0.5) is 24.5 Å². The molecule has 0 fully saturated rings. The Kier molecular flexibility index (Phi) is 7.63. The number of carbonyl (C=O) groups is 1. The largest absolute Gasteiger partial charge is 0.495 e. The molecule has 5 nitrogen and oxygen atoms in total. The predicted octanol–water partition coefficient (Wildman–Crippen LogP) is 6.94. The number of para-hydroxylation sites is 1. The molecule has 34 heavy (non-hydrogen) atoms. The zero-order valence-electron chi connectivity index (χ0n) is 18.3. The number of nitrogens with one attached hydrogen (secondary N) is 3. The van der Waals surface area contributed by atoms with Crippen LogP contribution in [0.15, 0.2) is 72.8 Å². The van der Waals surface area contributed by atoms with Crippen LogP contribution in [0.3, 0.4) is 0 Å². The van der Waals surface area contributed by atoms with Gasteiger partial charge in [-0.2, -0.15) is 13.2 Å². The number of ether oxygens (including phenoxy) is 1. The molecule has 0 atom stereocenters. The van der Waals surface area contributed by atoms with E-state index in [0.717, 1.165) is 5.56 Å². The van der Waals surface area contributed by atoms with E-state index in [-0.39, 0.29) is 11.3 Å². The molecule has 0 bridgehead atoms. The van der Waals surface area contributed by atoms with Crippen LogP contribution in [0.5, 0.6) is 5.75 Å². The topological polar surface area (TPSA) is 74.2 Å². The van der Waals surface area contributed by atoms with Crippen LogP contribution in [0.25, 0.3) is 5.70 Å². The Morgan fingerprint density at radius 1 is 0.971 bits per heavy atom. The standard InChI is InChI=1S/C25H21ClF3N3O2/c1-15-7-12-22(34-2)21(13-15)32-24(33)17-10-8-16(9-11-17)20(14-23(30)25(27,28)29)31-19-6-4-3-5-18(19)26/h3-14,30-31H,1-2H3,(H,32,33)/b20-14-,30-23?. The van der Waals surface area contributed by atoms with Gasteiger partial charge in [0.2, 0.25) is 0 Å². The van der Waals surface area contributed by atoms with Crippen LogP contribution in [0.2, 0.25) is 5.02 Å². The minimum atomic E-state index is -4.82. The van der Waals surface area contributed by atoms with Crippen molar-refractivity contribution < 1.29 is 22.7 Å². The molecule has 3 aromatic carbocycles. The van der Waals surface area contributed by atoms with Gasteiger partial charge < -0.3 is 15.4 Å². The fraction of sp³-hybridized carbons (Fsp3) is 0.120. The molecule has 3 rings (SSSR count). The molecular formula is C25H21ClF3N3O2. The first kappa shape index (κ1) is 24.9. The van der Waals surface area contributed by atoms with Gasteiger partial charge in [-0.25, -0.2) is 0 Å². The lowest BCUT2D eigenvalue weighted by atomic mass is 10.1. The van der Waals surface area contributed by atoms with Crippen LogP contribution < -0.4 is 15.4 Å². The number of halogens is 4. The number of aryl methyl sites for hydroxylation is 1. The number of rotatable bonds is 7. The van der Waals surface area contributed by atoms with Crippen molar-refractivity contribution in [1.82, 2.24) is 0 Å². The fourth-order valence-electron chi connectivity index (χ4n) is 3.04. The number of hydrogen-bond donors (Lipinski definition) is 3. The van der Waals surface area contributed by atoms with E-state index in [1.165, 1.54) is 31.4 Å². The van der Waals surface area contributed by atoms with Crippen LogP contribution in [-0.2, 0) is 0 Å². The van der Waals surface area contributed by atoms with Gasteiger partial charge >= 0.3 is 6.18 Å². The van der Waals surface area contributed by atoms with Crippen molar-refractivity contribution in [2.75, 3.05) is 17.7 Å². The second kappa shape index (κ2) is 10.4. The maximum Gasteiger partial charge on any atom is 0.432 e. The minimum Gasteiger partial charge on any atom is -0.495 e. The summed E-state index contributed by atoms with van der Waals surface area (Å²) in [7, 11) is 1.49. The second-order valence-electron chi connectivity index (χ2n) is 7.31. The van der Waals surface area contributed by atoms with Gasteiger partial charge in [-0.3, -0.25) is 10.2 Å². The zero-order chi connectivity index (χ0) is 24.9. The van der Waals surface area contributed by atoms with Crippen molar-refractivity contribution >= 4 is 40.3 Å². The average Bonchev–Trinajstić information content (AvgIpc) is 2.79. The van der Waals surface area contributed by atoms with Gasteiger partial charge in [0.05, 0.1) is 23.5 Å². The monoisotopic (exact) mass is 487 g/mol. The van der Waals surface area contributed by atoms with Gasteiger partial charge in [-0.1, -0.05) is 41.9 Å². The molecule has 1 amide bonds. The Morgan fingerprint density at radius 3 is 2.24 bits per heavy atom. The molecule has 0 unspecified atom stereocenters. The van der Waals surface area contributed by atoms with Crippen molar-refractivity contribution in [1.29, 1.82) is 5.41 Å². The molecule has 3 aromatic rings. The molecular weight excluding hydrogens is 467 g/mol. The third-order valence-electron chi connectivity index (χ3n) is 4.80. The molecule has 0 spiro atoms. The molecule has 0 saturated carbocycles. The lowest BCUT2D eigenvalue weighted by Crippen LogP contribution is -2.20. The van der Waals surface area contributed by atoms with E-state index in [4.69, 9.17) is 21.7 Å². The Hall–Kier alpha value is -3.78. The Balaban J connectivity index is 1.89. The number of alkyl halides is 3. The molecule has 0 aliphatic rings. The molecule has 0 aromatic heterocycles. The van der Waals surface area contributed by atoms with Crippen molar-refractivity contribution in [2.45, 2.75) is 13.1 Å². The maximum atomic E-state index is 13.0. The summed E-state index contributed by atoms with van der Waals surface area (Å²) in [6.45, 7) is 1.88. The number of benzene rings is 3. The van der Waals surface area contributed by atoms with Crippen molar-refractivity contribution in [3.63, 3.8) is 0 Å². The van der Waals surface area contributed by atoms with Gasteiger partial charge in [-0.15, -0.1) is 0 Å². The summed E-state index contributed by atoms with van der Waals surface area (Å²) >= 11 is 6.13. The van der Waals surface area contributed by atoms with Gasteiger partial charge in [0, 0.05) is 11.3 Å². The number of amides is 1. The quantitative estimate of drug-likeness (QED) is 0.316. The summed E-state index contributed by atoms with van der Waals surface area (Å²) in [5.74, 6) is 0.0819. The first-order valence-electron chi connectivity index (χ1n) is 10.0. The lowest BCUT2D eigenvalue weighted by molar-refractivity contribution is -0.0583. The fourth-order valence-corrected chi connectivity index (χ4v) is 3.22. The third-order valence-corrected chi connectivity index (χ3v) is 5.13. The molecule has 3 N–H and O–H groups in total. The summed E-state index contributed by atoms with van der Waals surface area (Å²) in [6, 6.07) is 17.8. The highest BCUT2D eigenvalue weighted by Gasteiger charge is 2.33. The van der Waals surface area contributed by atoms with Gasteiger partial charge in [-0.05, 0) is 60.5 Å². The summed E-state index contributed by atoms with van der Waals surface area (Å²) in [4.78, 5) is 12.7. The van der Waals surface area contributed by atoms with Crippen molar-refractivity contribution in [2.24, 2.45) is 0 Å². The first-order valence-corrected chi connectivity index (χ1v) is 10.4. The molecule has 0 radical (unpaired) electrons. The summed E-state index contributed by atoms with van der Waals surface area (Å²) < 4.78 is 44.3. The van der Waals surface area contributed by atoms with E-state index in [1.54, 1.807) is 36.4 Å². The molecule has 0 aliphatic heterocycles. The lowest BCUT2D eigenvalue weighted by Gasteiger charge is -2.15. The SMILES string of the molecule is COc1ccc(C)cc1NC(=O)c1ccc(/C(=C/C(=N)C(F)(F)F)Nc2ccccc2Cl)cc1. The predicted molar refractivity (Wildman–Crippen MR) is 129 cm³/mol. The smallest absolute Gasteiger partial charge is 0.432 e. The highest BCUT2D eigenvalue weighted by atomic mass is 35.5. The molecule has 9 heteroatoms. The van der Waals surface area contributed by atoms with E-state index >= 15 is 0 Å². The Labute approximate surface area is 199 Å². The van der Waals surface area contributed by atoms with E-state index in [0.29, 0.717) is 33.8 Å². The molecule has 0 saturated heterocycles. The van der Waals surface area contributed by atoms with E-state index in [1.807, 2.05) is 13.0 Å². The normalized spacial score (nSPS) is 11.6. The van der Waals surface area contributed by atoms with Crippen LogP contribution in [0.1, 0.15) is 21.5 Å². The molecule has 0 aliphatic carbocycles. The highest BCUT2D eigenvalue weighted by Crippen LogP contribution is 2.28. The second-order valence-corrected chi connectivity index (χ2v) is 7.72. The number of anilines is 2. The van der Waals surface area contributed by atoms with Gasteiger partial charge in [0.1, 0.15) is 11.5 Å². The van der Waals surface area contributed by atoms with Crippen LogP contribution in [0, 0.1) is 12.3 Å². The highest BCUT2D eigenvalue weighted by molar-refractivity contribution is 6.33. The minimum absolute atomic E-state index is 0.00253. The van der Waals surface area contributed by atoms with Crippen LogP contribution >= 0.6 is 11.6 Å². The summed E-state index contributed by atoms with van der Waals surface area (Å²) in [5, 5.41) is 13.3. The zero-order valence-corrected chi connectivity index (χ0v) is 19.0.